The molecule has 4 N–H and O–H groups in total. The number of aliphatic hydroxyl groups is 1. The van der Waals surface area contributed by atoms with E-state index in [4.69, 9.17) is 0 Å². The van der Waals surface area contributed by atoms with Crippen molar-refractivity contribution < 1.29 is 29.4 Å². The van der Waals surface area contributed by atoms with Gasteiger partial charge in [-0.1, -0.05) is 46.8 Å². The van der Waals surface area contributed by atoms with Crippen LogP contribution in [0.2, 0.25) is 0 Å². The average Bonchev–Trinajstić information content (AvgIpc) is 3.00. The Kier molecular flexibility index (Phi) is 15.0. The number of hydrogen-bond donors (Lipinski definition) is 4. The number of carbonyl (C=O) groups is 4. The standard InChI is InChI=1S/C34H51N5O6/c1-8-15-38(16-9-2)34(45)27-20-25(19-26(21-27)33(44)37(6)7)32(43)35-29(18-24-11-13-28(40)14-12-24)30(41)22-39(17-10-3)36-31(42)23(4)5/h11-14,19-21,23,29-30,40-41H,8-10,15-18,22H2,1-7H3,(H,35,43)(H,36,42). The summed E-state index contributed by atoms with van der Waals surface area (Å²) < 4.78 is 0. The van der Waals surface area contributed by atoms with E-state index in [9.17, 15) is 29.4 Å². The molecule has 0 aliphatic heterocycles. The van der Waals surface area contributed by atoms with Gasteiger partial charge in [0.05, 0.1) is 12.1 Å². The number of hydrogen-bond acceptors (Lipinski definition) is 7. The molecule has 0 fully saturated rings. The highest BCUT2D eigenvalue weighted by Gasteiger charge is 2.27. The molecular weight excluding hydrogens is 574 g/mol. The van der Waals surface area contributed by atoms with Gasteiger partial charge in [-0.15, -0.1) is 0 Å². The van der Waals surface area contributed by atoms with Crippen LogP contribution in [0.15, 0.2) is 42.5 Å². The normalized spacial score (nSPS) is 12.5. The van der Waals surface area contributed by atoms with Gasteiger partial charge in [-0.3, -0.25) is 24.6 Å². The summed E-state index contributed by atoms with van der Waals surface area (Å²) in [5.41, 5.74) is 4.15. The van der Waals surface area contributed by atoms with Crippen molar-refractivity contribution in [1.29, 1.82) is 0 Å². The molecule has 2 aromatic carbocycles. The van der Waals surface area contributed by atoms with Gasteiger partial charge >= 0.3 is 0 Å². The summed E-state index contributed by atoms with van der Waals surface area (Å²) in [6.45, 7) is 11.1. The molecule has 0 spiro atoms. The summed E-state index contributed by atoms with van der Waals surface area (Å²) in [5, 5.41) is 25.8. The van der Waals surface area contributed by atoms with Crippen molar-refractivity contribution in [3.05, 3.63) is 64.7 Å². The third-order valence-electron chi connectivity index (χ3n) is 7.24. The number of aromatic hydroxyl groups is 1. The van der Waals surface area contributed by atoms with E-state index in [-0.39, 0.29) is 59.0 Å². The highest BCUT2D eigenvalue weighted by Crippen LogP contribution is 2.18. The zero-order valence-corrected chi connectivity index (χ0v) is 27.8. The number of amides is 4. The molecule has 2 atom stereocenters. The molecule has 2 rings (SSSR count). The number of hydrazine groups is 1. The summed E-state index contributed by atoms with van der Waals surface area (Å²) >= 11 is 0. The maximum atomic E-state index is 13.8. The molecular formula is C34H51N5O6. The van der Waals surface area contributed by atoms with Gasteiger partial charge in [0.1, 0.15) is 5.75 Å². The quantitative estimate of drug-likeness (QED) is 0.197. The predicted molar refractivity (Wildman–Crippen MR) is 175 cm³/mol. The fourth-order valence-electron chi connectivity index (χ4n) is 4.82. The molecule has 0 bridgehead atoms. The van der Waals surface area contributed by atoms with E-state index in [2.05, 4.69) is 10.7 Å². The van der Waals surface area contributed by atoms with Gasteiger partial charge in [0.25, 0.3) is 17.7 Å². The molecule has 0 saturated carbocycles. The first kappa shape index (κ1) is 37.2. The van der Waals surface area contributed by atoms with Crippen LogP contribution >= 0.6 is 0 Å². The second-order valence-electron chi connectivity index (χ2n) is 11.9. The van der Waals surface area contributed by atoms with Crippen LogP contribution in [0.3, 0.4) is 0 Å². The smallest absolute Gasteiger partial charge is 0.253 e. The first-order valence-electron chi connectivity index (χ1n) is 15.8. The van der Waals surface area contributed by atoms with Gasteiger partial charge in [0.2, 0.25) is 5.91 Å². The lowest BCUT2D eigenvalue weighted by Gasteiger charge is -2.31. The number of phenolic OH excluding ortho intramolecular Hbond substituents is 1. The van der Waals surface area contributed by atoms with Crippen LogP contribution in [0.1, 0.15) is 90.5 Å². The first-order chi connectivity index (χ1) is 21.3. The largest absolute Gasteiger partial charge is 0.508 e. The van der Waals surface area contributed by atoms with Crippen LogP contribution in [0, 0.1) is 5.92 Å². The Morgan fingerprint density at radius 3 is 1.84 bits per heavy atom. The minimum absolute atomic E-state index is 0.0429. The average molecular weight is 626 g/mol. The van der Waals surface area contributed by atoms with Crippen molar-refractivity contribution in [3.8, 4) is 5.75 Å². The van der Waals surface area contributed by atoms with E-state index in [1.165, 1.54) is 35.2 Å². The number of phenols is 1. The van der Waals surface area contributed by atoms with Crippen molar-refractivity contribution in [1.82, 2.24) is 25.6 Å². The van der Waals surface area contributed by atoms with Crippen LogP contribution < -0.4 is 10.7 Å². The maximum absolute atomic E-state index is 13.8. The van der Waals surface area contributed by atoms with Crippen molar-refractivity contribution in [2.75, 3.05) is 40.3 Å². The SMILES string of the molecule is CCCN(CC(O)C(Cc1ccc(O)cc1)NC(=O)c1cc(C(=O)N(C)C)cc(C(=O)N(CCC)CCC)c1)NC(=O)C(C)C. The number of aliphatic hydroxyl groups excluding tert-OH is 1. The molecule has 45 heavy (non-hydrogen) atoms. The zero-order chi connectivity index (χ0) is 33.7. The monoisotopic (exact) mass is 625 g/mol. The third-order valence-corrected chi connectivity index (χ3v) is 7.24. The number of benzene rings is 2. The van der Waals surface area contributed by atoms with Crippen LogP contribution in [0.25, 0.3) is 0 Å². The fourth-order valence-corrected chi connectivity index (χ4v) is 4.82. The van der Waals surface area contributed by atoms with Gasteiger partial charge < -0.3 is 25.3 Å². The first-order valence-corrected chi connectivity index (χ1v) is 15.8. The van der Waals surface area contributed by atoms with Gasteiger partial charge in [0, 0.05) is 62.9 Å². The molecule has 0 radical (unpaired) electrons. The second-order valence-corrected chi connectivity index (χ2v) is 11.9. The summed E-state index contributed by atoms with van der Waals surface area (Å²) in [7, 11) is 3.20. The van der Waals surface area contributed by atoms with Crippen LogP contribution in [-0.2, 0) is 11.2 Å². The molecule has 2 unspecified atom stereocenters. The highest BCUT2D eigenvalue weighted by molar-refractivity contribution is 6.04. The van der Waals surface area contributed by atoms with E-state index in [1.54, 1.807) is 50.0 Å². The Hall–Kier alpha value is -3.96. The summed E-state index contributed by atoms with van der Waals surface area (Å²) in [5.74, 6) is -1.54. The number of nitrogens with one attached hydrogen (secondary N) is 2. The minimum atomic E-state index is -1.11. The van der Waals surface area contributed by atoms with Gasteiger partial charge in [-0.25, -0.2) is 5.01 Å². The van der Waals surface area contributed by atoms with E-state index >= 15 is 0 Å². The van der Waals surface area contributed by atoms with E-state index < -0.39 is 18.1 Å². The lowest BCUT2D eigenvalue weighted by molar-refractivity contribution is -0.129. The van der Waals surface area contributed by atoms with Crippen LogP contribution in [-0.4, -0.2) is 101 Å². The lowest BCUT2D eigenvalue weighted by Crippen LogP contribution is -2.54. The van der Waals surface area contributed by atoms with Crippen molar-refractivity contribution in [3.63, 3.8) is 0 Å². The second kappa shape index (κ2) is 18.1. The predicted octanol–water partition coefficient (Wildman–Crippen LogP) is 3.46. The Morgan fingerprint density at radius 2 is 1.33 bits per heavy atom. The Labute approximate surface area is 267 Å². The molecule has 0 aliphatic carbocycles. The van der Waals surface area contributed by atoms with Gasteiger partial charge in [-0.05, 0) is 61.6 Å². The molecule has 0 heterocycles. The third kappa shape index (κ3) is 11.5. The molecule has 11 nitrogen and oxygen atoms in total. The molecule has 0 aromatic heterocycles. The number of rotatable bonds is 17. The number of carbonyl (C=O) groups excluding carboxylic acids is 4. The maximum Gasteiger partial charge on any atom is 0.253 e. The van der Waals surface area contributed by atoms with Gasteiger partial charge in [-0.2, -0.15) is 0 Å². The zero-order valence-electron chi connectivity index (χ0n) is 27.8. The van der Waals surface area contributed by atoms with Crippen molar-refractivity contribution >= 4 is 23.6 Å². The van der Waals surface area contributed by atoms with Crippen LogP contribution in [0.5, 0.6) is 5.75 Å². The Bertz CT molecular complexity index is 1270. The fraction of sp³-hybridized carbons (Fsp3) is 0.529. The van der Waals surface area contributed by atoms with E-state index in [1.807, 2.05) is 20.8 Å². The molecule has 2 aromatic rings. The molecule has 0 saturated heterocycles. The van der Waals surface area contributed by atoms with Gasteiger partial charge in [0.15, 0.2) is 0 Å². The lowest BCUT2D eigenvalue weighted by atomic mass is 9.99. The highest BCUT2D eigenvalue weighted by atomic mass is 16.3. The summed E-state index contributed by atoms with van der Waals surface area (Å²) in [6.07, 6.45) is 1.35. The minimum Gasteiger partial charge on any atom is -0.508 e. The van der Waals surface area contributed by atoms with E-state index in [0.29, 0.717) is 19.6 Å². The van der Waals surface area contributed by atoms with Crippen molar-refractivity contribution in [2.45, 2.75) is 72.4 Å². The summed E-state index contributed by atoms with van der Waals surface area (Å²) in [4.78, 5) is 55.9. The Morgan fingerprint density at radius 1 is 0.800 bits per heavy atom. The number of nitrogens with zero attached hydrogens (tertiary/aromatic N) is 3. The summed E-state index contributed by atoms with van der Waals surface area (Å²) in [6, 6.07) is 10.1. The molecule has 4 amide bonds. The Balaban J connectivity index is 2.49. The topological polar surface area (TPSA) is 143 Å². The van der Waals surface area contributed by atoms with Crippen molar-refractivity contribution in [2.24, 2.45) is 5.92 Å². The van der Waals surface area contributed by atoms with Crippen LogP contribution in [0.4, 0.5) is 0 Å². The molecule has 0 aliphatic rings. The van der Waals surface area contributed by atoms with E-state index in [0.717, 1.165) is 24.8 Å². The molecule has 248 valence electrons. The molecule has 11 heteroatoms.